The third-order valence-electron chi connectivity index (χ3n) is 3.74. The number of terminal acetylenes is 1. The summed E-state index contributed by atoms with van der Waals surface area (Å²) < 4.78 is 2.87. The van der Waals surface area contributed by atoms with Gasteiger partial charge in [-0.05, 0) is 43.7 Å². The molecule has 0 N–H and O–H groups in total. The minimum absolute atomic E-state index is 0.278. The van der Waals surface area contributed by atoms with E-state index < -0.39 is 0 Å². The number of thiazole rings is 1. The molecule has 3 rings (SSSR count). The van der Waals surface area contributed by atoms with Crippen molar-refractivity contribution in [2.45, 2.75) is 20.4 Å². The van der Waals surface area contributed by atoms with Crippen LogP contribution in [-0.4, -0.2) is 10.5 Å². The second-order valence-electron chi connectivity index (χ2n) is 5.48. The number of amides is 1. The van der Waals surface area contributed by atoms with Crippen LogP contribution in [0.5, 0.6) is 0 Å². The number of carbonyl (C=O) groups is 1. The van der Waals surface area contributed by atoms with E-state index in [4.69, 9.17) is 18.0 Å². The van der Waals surface area contributed by atoms with E-state index in [9.17, 15) is 4.79 Å². The Bertz CT molecular complexity index is 1050. The predicted molar refractivity (Wildman–Crippen MR) is 99.5 cm³/mol. The summed E-state index contributed by atoms with van der Waals surface area (Å²) in [4.78, 5) is 17.4. The first-order chi connectivity index (χ1) is 11.5. The van der Waals surface area contributed by atoms with Gasteiger partial charge in [0.15, 0.2) is 4.80 Å². The lowest BCUT2D eigenvalue weighted by molar-refractivity contribution is 0.0998. The monoisotopic (exact) mass is 354 g/mol. The van der Waals surface area contributed by atoms with E-state index in [2.05, 4.69) is 10.9 Å². The average molecular weight is 355 g/mol. The molecule has 0 aliphatic heterocycles. The molecule has 0 atom stereocenters. The molecule has 0 unspecified atom stereocenters. The van der Waals surface area contributed by atoms with Crippen LogP contribution in [0.3, 0.4) is 0 Å². The van der Waals surface area contributed by atoms with Gasteiger partial charge in [-0.15, -0.1) is 6.42 Å². The Balaban J connectivity index is 2.22. The number of hydrogen-bond acceptors (Lipinski definition) is 2. The van der Waals surface area contributed by atoms with Gasteiger partial charge in [0, 0.05) is 10.6 Å². The molecule has 0 radical (unpaired) electrons. The first-order valence-corrected chi connectivity index (χ1v) is 8.58. The molecular weight excluding hydrogens is 340 g/mol. The minimum atomic E-state index is -0.278. The van der Waals surface area contributed by atoms with Crippen molar-refractivity contribution in [3.8, 4) is 12.3 Å². The van der Waals surface area contributed by atoms with Crippen LogP contribution in [-0.2, 0) is 6.54 Å². The topological polar surface area (TPSA) is 34.4 Å². The largest absolute Gasteiger partial charge is 0.304 e. The molecule has 120 valence electrons. The number of benzene rings is 2. The number of carbonyl (C=O) groups excluding carboxylic acids is 1. The summed E-state index contributed by atoms with van der Waals surface area (Å²) in [7, 11) is 0. The highest BCUT2D eigenvalue weighted by molar-refractivity contribution is 7.16. The Morgan fingerprint density at radius 1 is 1.33 bits per heavy atom. The van der Waals surface area contributed by atoms with Gasteiger partial charge >= 0.3 is 0 Å². The molecular formula is C19H15ClN2OS. The Kier molecular flexibility index (Phi) is 4.57. The normalized spacial score (nSPS) is 11.7. The summed E-state index contributed by atoms with van der Waals surface area (Å²) in [6.45, 7) is 4.22. The lowest BCUT2D eigenvalue weighted by Crippen LogP contribution is -2.17. The quantitative estimate of drug-likeness (QED) is 0.630. The van der Waals surface area contributed by atoms with Crippen molar-refractivity contribution in [2.75, 3.05) is 0 Å². The van der Waals surface area contributed by atoms with Crippen molar-refractivity contribution in [3.63, 3.8) is 0 Å². The van der Waals surface area contributed by atoms with Crippen LogP contribution < -0.4 is 4.80 Å². The van der Waals surface area contributed by atoms with Crippen molar-refractivity contribution < 1.29 is 4.79 Å². The van der Waals surface area contributed by atoms with E-state index in [0.717, 1.165) is 21.3 Å². The standard InChI is InChI=1S/C19H15ClN2OS/c1-4-10-22-17-13(3)15(20)8-9-16(17)24-19(22)21-18(23)14-7-5-6-12(2)11-14/h1,5-9,11H,10H2,2-3H3. The third kappa shape index (κ3) is 3.01. The molecule has 0 bridgehead atoms. The Labute approximate surface area is 149 Å². The number of aromatic nitrogens is 1. The molecule has 0 saturated carbocycles. The molecule has 1 amide bonds. The molecule has 0 aliphatic rings. The maximum atomic E-state index is 12.5. The maximum absolute atomic E-state index is 12.5. The molecule has 0 saturated heterocycles. The lowest BCUT2D eigenvalue weighted by Gasteiger charge is -2.04. The van der Waals surface area contributed by atoms with E-state index in [1.54, 1.807) is 6.07 Å². The molecule has 2 aromatic carbocycles. The SMILES string of the molecule is C#CCn1c(=NC(=O)c2cccc(C)c2)sc2ccc(Cl)c(C)c21. The summed E-state index contributed by atoms with van der Waals surface area (Å²) in [5.41, 5.74) is 3.45. The smallest absolute Gasteiger partial charge is 0.279 e. The van der Waals surface area contributed by atoms with E-state index in [1.807, 2.05) is 48.7 Å². The number of rotatable bonds is 2. The number of aryl methyl sites for hydroxylation is 2. The summed E-state index contributed by atoms with van der Waals surface area (Å²) in [6.07, 6.45) is 5.50. The maximum Gasteiger partial charge on any atom is 0.279 e. The molecule has 0 spiro atoms. The zero-order valence-corrected chi connectivity index (χ0v) is 14.9. The molecule has 1 heterocycles. The highest BCUT2D eigenvalue weighted by Gasteiger charge is 2.12. The second kappa shape index (κ2) is 6.64. The minimum Gasteiger partial charge on any atom is -0.304 e. The van der Waals surface area contributed by atoms with Crippen LogP contribution in [0.25, 0.3) is 10.2 Å². The van der Waals surface area contributed by atoms with E-state index in [0.29, 0.717) is 21.9 Å². The van der Waals surface area contributed by atoms with Gasteiger partial charge < -0.3 is 4.57 Å². The van der Waals surface area contributed by atoms with Gasteiger partial charge in [-0.25, -0.2) is 0 Å². The zero-order chi connectivity index (χ0) is 17.3. The van der Waals surface area contributed by atoms with Gasteiger partial charge in [0.25, 0.3) is 5.91 Å². The van der Waals surface area contributed by atoms with Gasteiger partial charge in [0.2, 0.25) is 0 Å². The van der Waals surface area contributed by atoms with Crippen molar-refractivity contribution >= 4 is 39.1 Å². The number of hydrogen-bond donors (Lipinski definition) is 0. The fourth-order valence-electron chi connectivity index (χ4n) is 2.57. The first kappa shape index (κ1) is 16.5. The predicted octanol–water partition coefficient (Wildman–Crippen LogP) is 4.35. The molecule has 0 aliphatic carbocycles. The van der Waals surface area contributed by atoms with E-state index in [-0.39, 0.29) is 5.91 Å². The highest BCUT2D eigenvalue weighted by atomic mass is 35.5. The average Bonchev–Trinajstić information content (AvgIpc) is 2.90. The van der Waals surface area contributed by atoms with E-state index in [1.165, 1.54) is 11.3 Å². The molecule has 1 aromatic heterocycles. The molecule has 24 heavy (non-hydrogen) atoms. The van der Waals surface area contributed by atoms with Gasteiger partial charge in [0.05, 0.1) is 16.8 Å². The van der Waals surface area contributed by atoms with Crippen molar-refractivity contribution in [2.24, 2.45) is 4.99 Å². The Morgan fingerprint density at radius 3 is 2.83 bits per heavy atom. The molecule has 5 heteroatoms. The van der Waals surface area contributed by atoms with Crippen LogP contribution in [0.15, 0.2) is 41.4 Å². The van der Waals surface area contributed by atoms with Crippen molar-refractivity contribution in [1.82, 2.24) is 4.57 Å². The fraction of sp³-hybridized carbons (Fsp3) is 0.158. The van der Waals surface area contributed by atoms with Crippen LogP contribution in [0.1, 0.15) is 21.5 Å². The Morgan fingerprint density at radius 2 is 2.12 bits per heavy atom. The Hall–Kier alpha value is -2.35. The first-order valence-electron chi connectivity index (χ1n) is 7.39. The van der Waals surface area contributed by atoms with Crippen molar-refractivity contribution in [3.05, 3.63) is 62.9 Å². The molecule has 3 nitrogen and oxygen atoms in total. The lowest BCUT2D eigenvalue weighted by atomic mass is 10.1. The van der Waals surface area contributed by atoms with Gasteiger partial charge in [0.1, 0.15) is 0 Å². The van der Waals surface area contributed by atoms with Crippen LogP contribution in [0.4, 0.5) is 0 Å². The number of nitrogens with zero attached hydrogens (tertiary/aromatic N) is 2. The zero-order valence-electron chi connectivity index (χ0n) is 13.3. The van der Waals surface area contributed by atoms with Crippen LogP contribution in [0, 0.1) is 26.2 Å². The summed E-state index contributed by atoms with van der Waals surface area (Å²) >= 11 is 7.67. The van der Waals surface area contributed by atoms with Gasteiger partial charge in [-0.1, -0.05) is 46.6 Å². The molecule has 0 fully saturated rings. The molecule has 3 aromatic rings. The summed E-state index contributed by atoms with van der Waals surface area (Å²) in [6, 6.07) is 11.2. The summed E-state index contributed by atoms with van der Waals surface area (Å²) in [5.74, 6) is 2.35. The highest BCUT2D eigenvalue weighted by Crippen LogP contribution is 2.27. The van der Waals surface area contributed by atoms with Crippen molar-refractivity contribution in [1.29, 1.82) is 0 Å². The van der Waals surface area contributed by atoms with Gasteiger partial charge in [-0.2, -0.15) is 4.99 Å². The van der Waals surface area contributed by atoms with Gasteiger partial charge in [-0.3, -0.25) is 4.79 Å². The van der Waals surface area contributed by atoms with Crippen LogP contribution in [0.2, 0.25) is 5.02 Å². The third-order valence-corrected chi connectivity index (χ3v) is 5.19. The van der Waals surface area contributed by atoms with E-state index >= 15 is 0 Å². The summed E-state index contributed by atoms with van der Waals surface area (Å²) in [5, 5.41) is 0.669. The fourth-order valence-corrected chi connectivity index (χ4v) is 3.81. The second-order valence-corrected chi connectivity index (χ2v) is 6.90. The number of fused-ring (bicyclic) bond motifs is 1. The van der Waals surface area contributed by atoms with Crippen LogP contribution >= 0.6 is 22.9 Å². The number of halogens is 1.